The van der Waals surface area contributed by atoms with E-state index in [1.54, 1.807) is 17.4 Å². The molecule has 1 aliphatic rings. The number of fused-ring (bicyclic) bond motifs is 1. The molecule has 1 N–H and O–H groups in total. The van der Waals surface area contributed by atoms with Gasteiger partial charge in [0.05, 0.1) is 11.2 Å². The Hall–Kier alpha value is -2.94. The Balaban J connectivity index is 1.22. The quantitative estimate of drug-likeness (QED) is 0.580. The molecule has 0 bridgehead atoms. The van der Waals surface area contributed by atoms with E-state index < -0.39 is 0 Å². The predicted molar refractivity (Wildman–Crippen MR) is 102 cm³/mol. The number of aryl methyl sites for hydroxylation is 3. The summed E-state index contributed by atoms with van der Waals surface area (Å²) in [6.45, 7) is 2.86. The summed E-state index contributed by atoms with van der Waals surface area (Å²) in [5, 5.41) is 11.0. The van der Waals surface area contributed by atoms with Crippen molar-refractivity contribution in [3.8, 4) is 23.0 Å². The van der Waals surface area contributed by atoms with Crippen LogP contribution in [0.3, 0.4) is 0 Å². The highest BCUT2D eigenvalue weighted by atomic mass is 32.1. The number of nitrogens with zero attached hydrogens (tertiary/aromatic N) is 3. The van der Waals surface area contributed by atoms with Crippen molar-refractivity contribution in [1.82, 2.24) is 20.5 Å². The van der Waals surface area contributed by atoms with Crippen molar-refractivity contribution >= 4 is 17.2 Å². The van der Waals surface area contributed by atoms with Gasteiger partial charge in [0.1, 0.15) is 0 Å². The molecule has 0 aliphatic carbocycles. The minimum atomic E-state index is -0.0242. The molecule has 3 aromatic rings. The maximum Gasteiger partial charge on any atom is 0.247 e. The maximum absolute atomic E-state index is 12.0. The second kappa shape index (κ2) is 8.39. The third kappa shape index (κ3) is 4.30. The van der Waals surface area contributed by atoms with Crippen LogP contribution in [0.15, 0.2) is 28.1 Å². The van der Waals surface area contributed by atoms with Gasteiger partial charge in [0.15, 0.2) is 11.5 Å². The lowest BCUT2D eigenvalue weighted by atomic mass is 10.2. The van der Waals surface area contributed by atoms with Crippen LogP contribution in [0, 0.1) is 6.92 Å². The number of rotatable bonds is 8. The third-order valence-corrected chi connectivity index (χ3v) is 5.39. The average Bonchev–Trinajstić information content (AvgIpc) is 3.44. The number of nitrogens with one attached hydrogen (secondary N) is 1. The number of carbonyl (C=O) groups excluding carboxylic acids is 1. The van der Waals surface area contributed by atoms with Gasteiger partial charge in [-0.3, -0.25) is 4.79 Å². The molecule has 9 heteroatoms. The Morgan fingerprint density at radius 3 is 2.96 bits per heavy atom. The van der Waals surface area contributed by atoms with E-state index in [0.717, 1.165) is 24.1 Å². The molecule has 3 heterocycles. The monoisotopic (exact) mass is 400 g/mol. The molecule has 4 rings (SSSR count). The summed E-state index contributed by atoms with van der Waals surface area (Å²) in [6, 6.07) is 5.45. The highest BCUT2D eigenvalue weighted by Crippen LogP contribution is 2.35. The van der Waals surface area contributed by atoms with Gasteiger partial charge < -0.3 is 19.2 Å². The summed E-state index contributed by atoms with van der Waals surface area (Å²) in [5.74, 6) is 2.16. The van der Waals surface area contributed by atoms with Crippen molar-refractivity contribution in [2.45, 2.75) is 32.6 Å². The first-order valence-electron chi connectivity index (χ1n) is 9.07. The molecule has 1 aromatic carbocycles. The van der Waals surface area contributed by atoms with E-state index >= 15 is 0 Å². The fourth-order valence-corrected chi connectivity index (χ4v) is 3.68. The number of thiazole rings is 1. The van der Waals surface area contributed by atoms with Gasteiger partial charge in [-0.25, -0.2) is 4.98 Å². The van der Waals surface area contributed by atoms with Crippen LogP contribution in [0.5, 0.6) is 11.5 Å². The molecule has 2 aromatic heterocycles. The SMILES string of the molecule is Cc1ncsc1CCCNC(=O)CCc1nnc(-c2ccc3c(c2)OCO3)o1. The average molecular weight is 400 g/mol. The lowest BCUT2D eigenvalue weighted by Gasteiger charge is -2.03. The Labute approximate surface area is 165 Å². The zero-order valence-corrected chi connectivity index (χ0v) is 16.3. The van der Waals surface area contributed by atoms with E-state index in [1.807, 2.05) is 24.6 Å². The van der Waals surface area contributed by atoms with Crippen LogP contribution >= 0.6 is 11.3 Å². The fourth-order valence-electron chi connectivity index (χ4n) is 2.85. The number of hydrogen-bond acceptors (Lipinski definition) is 8. The summed E-state index contributed by atoms with van der Waals surface area (Å²) in [5.41, 5.74) is 3.68. The van der Waals surface area contributed by atoms with Gasteiger partial charge in [0, 0.05) is 29.8 Å². The first-order valence-corrected chi connectivity index (χ1v) is 9.95. The molecule has 1 aliphatic heterocycles. The molecular formula is C19H20N4O4S. The van der Waals surface area contributed by atoms with E-state index in [4.69, 9.17) is 13.9 Å². The second-order valence-electron chi connectivity index (χ2n) is 6.38. The van der Waals surface area contributed by atoms with Crippen LogP contribution in [-0.4, -0.2) is 34.4 Å². The standard InChI is InChI=1S/C19H20N4O4S/c1-12-16(28-10-21-12)3-2-8-20-17(24)6-7-18-22-23-19(27-18)13-4-5-14-15(9-13)26-11-25-14/h4-5,9-10H,2-3,6-8,11H2,1H3,(H,20,24). The molecule has 8 nitrogen and oxygen atoms in total. The van der Waals surface area contributed by atoms with E-state index in [2.05, 4.69) is 20.5 Å². The molecule has 146 valence electrons. The summed E-state index contributed by atoms with van der Waals surface area (Å²) < 4.78 is 16.3. The molecule has 0 spiro atoms. The van der Waals surface area contributed by atoms with Crippen LogP contribution in [0.2, 0.25) is 0 Å². The van der Waals surface area contributed by atoms with E-state index in [-0.39, 0.29) is 12.7 Å². The van der Waals surface area contributed by atoms with Crippen molar-refractivity contribution in [3.05, 3.63) is 40.2 Å². The minimum absolute atomic E-state index is 0.0242. The molecule has 0 saturated heterocycles. The maximum atomic E-state index is 12.0. The van der Waals surface area contributed by atoms with E-state index in [1.165, 1.54) is 4.88 Å². The zero-order chi connectivity index (χ0) is 19.3. The molecule has 0 saturated carbocycles. The topological polar surface area (TPSA) is 99.4 Å². The molecular weight excluding hydrogens is 380 g/mol. The summed E-state index contributed by atoms with van der Waals surface area (Å²) in [7, 11) is 0. The normalized spacial score (nSPS) is 12.3. The third-order valence-electron chi connectivity index (χ3n) is 4.40. The first kappa shape index (κ1) is 18.4. The van der Waals surface area contributed by atoms with Crippen molar-refractivity contribution in [2.24, 2.45) is 0 Å². The van der Waals surface area contributed by atoms with Crippen molar-refractivity contribution in [3.63, 3.8) is 0 Å². The lowest BCUT2D eigenvalue weighted by molar-refractivity contribution is -0.121. The van der Waals surface area contributed by atoms with Crippen LogP contribution in [0.4, 0.5) is 0 Å². The predicted octanol–water partition coefficient (Wildman–Crippen LogP) is 2.91. The van der Waals surface area contributed by atoms with Crippen LogP contribution in [0.25, 0.3) is 11.5 Å². The van der Waals surface area contributed by atoms with Crippen LogP contribution < -0.4 is 14.8 Å². The van der Waals surface area contributed by atoms with E-state index in [0.29, 0.717) is 42.7 Å². The number of amides is 1. The minimum Gasteiger partial charge on any atom is -0.454 e. The summed E-state index contributed by atoms with van der Waals surface area (Å²) in [4.78, 5) is 17.5. The Morgan fingerprint density at radius 1 is 1.21 bits per heavy atom. The van der Waals surface area contributed by atoms with Crippen LogP contribution in [-0.2, 0) is 17.6 Å². The molecule has 0 unspecified atom stereocenters. The highest BCUT2D eigenvalue weighted by molar-refractivity contribution is 7.09. The van der Waals surface area contributed by atoms with Crippen LogP contribution in [0.1, 0.15) is 29.3 Å². The van der Waals surface area contributed by atoms with Gasteiger partial charge in [-0.2, -0.15) is 0 Å². The van der Waals surface area contributed by atoms with Gasteiger partial charge in [-0.05, 0) is 38.0 Å². The summed E-state index contributed by atoms with van der Waals surface area (Å²) >= 11 is 1.66. The van der Waals surface area contributed by atoms with Crippen molar-refractivity contribution < 1.29 is 18.7 Å². The number of benzene rings is 1. The fraction of sp³-hybridized carbons (Fsp3) is 0.368. The van der Waals surface area contributed by atoms with Crippen molar-refractivity contribution in [2.75, 3.05) is 13.3 Å². The highest BCUT2D eigenvalue weighted by Gasteiger charge is 2.17. The molecule has 0 fully saturated rings. The van der Waals surface area contributed by atoms with Crippen molar-refractivity contribution in [1.29, 1.82) is 0 Å². The Bertz CT molecular complexity index is 969. The smallest absolute Gasteiger partial charge is 0.247 e. The molecule has 1 amide bonds. The van der Waals surface area contributed by atoms with Gasteiger partial charge >= 0.3 is 0 Å². The largest absolute Gasteiger partial charge is 0.454 e. The molecule has 0 atom stereocenters. The Kier molecular flexibility index (Phi) is 5.52. The zero-order valence-electron chi connectivity index (χ0n) is 15.4. The van der Waals surface area contributed by atoms with Gasteiger partial charge in [-0.15, -0.1) is 21.5 Å². The van der Waals surface area contributed by atoms with Gasteiger partial charge in [0.2, 0.25) is 24.5 Å². The number of hydrogen-bond donors (Lipinski definition) is 1. The Morgan fingerprint density at radius 2 is 2.11 bits per heavy atom. The van der Waals surface area contributed by atoms with Gasteiger partial charge in [0.25, 0.3) is 0 Å². The number of carbonyl (C=O) groups is 1. The number of aromatic nitrogens is 3. The van der Waals surface area contributed by atoms with E-state index in [9.17, 15) is 4.79 Å². The second-order valence-corrected chi connectivity index (χ2v) is 7.32. The lowest BCUT2D eigenvalue weighted by Crippen LogP contribution is -2.25. The number of ether oxygens (including phenoxy) is 2. The molecule has 28 heavy (non-hydrogen) atoms. The summed E-state index contributed by atoms with van der Waals surface area (Å²) in [6.07, 6.45) is 2.53. The van der Waals surface area contributed by atoms with Gasteiger partial charge in [-0.1, -0.05) is 0 Å². The molecule has 0 radical (unpaired) electrons. The first-order chi connectivity index (χ1) is 13.7.